The quantitative estimate of drug-likeness (QED) is 0.720. The first-order valence-corrected chi connectivity index (χ1v) is 6.84. The summed E-state index contributed by atoms with van der Waals surface area (Å²) < 4.78 is 5.03. The third kappa shape index (κ3) is 3.62. The van der Waals surface area contributed by atoms with Crippen molar-refractivity contribution in [2.75, 3.05) is 32.8 Å². The Balaban J connectivity index is 2.57. The van der Waals surface area contributed by atoms with Crippen molar-refractivity contribution in [3.05, 3.63) is 0 Å². The first-order chi connectivity index (χ1) is 8.63. The van der Waals surface area contributed by atoms with E-state index in [0.29, 0.717) is 26.2 Å². The second-order valence-electron chi connectivity index (χ2n) is 4.49. The molecule has 104 valence electrons. The average Bonchev–Trinajstić information content (AvgIpc) is 2.40. The number of ether oxygens (including phenoxy) is 1. The van der Waals surface area contributed by atoms with Crippen molar-refractivity contribution in [1.29, 1.82) is 0 Å². The summed E-state index contributed by atoms with van der Waals surface area (Å²) in [6.45, 7) is 8.78. The van der Waals surface area contributed by atoms with Crippen LogP contribution in [0.2, 0.25) is 0 Å². The van der Waals surface area contributed by atoms with E-state index in [4.69, 9.17) is 4.74 Å². The Bertz CT molecular complexity index is 290. The molecule has 18 heavy (non-hydrogen) atoms. The van der Waals surface area contributed by atoms with Crippen LogP contribution in [-0.4, -0.2) is 54.6 Å². The van der Waals surface area contributed by atoms with Gasteiger partial charge in [-0.1, -0.05) is 0 Å². The average molecular weight is 256 g/mol. The van der Waals surface area contributed by atoms with Gasteiger partial charge in [0, 0.05) is 26.2 Å². The largest absolute Gasteiger partial charge is 0.466 e. The van der Waals surface area contributed by atoms with Gasteiger partial charge in [-0.3, -0.25) is 4.79 Å². The van der Waals surface area contributed by atoms with E-state index in [1.54, 1.807) is 16.7 Å². The van der Waals surface area contributed by atoms with Gasteiger partial charge in [0.25, 0.3) is 0 Å². The van der Waals surface area contributed by atoms with Crippen LogP contribution >= 0.6 is 0 Å². The number of urea groups is 1. The maximum atomic E-state index is 12.2. The number of likely N-dealkylation sites (tertiary alicyclic amines) is 1. The first-order valence-electron chi connectivity index (χ1n) is 6.84. The summed E-state index contributed by atoms with van der Waals surface area (Å²) in [6.07, 6.45) is 1.69. The second kappa shape index (κ2) is 7.24. The molecule has 0 N–H and O–H groups in total. The monoisotopic (exact) mass is 256 g/mol. The Hall–Kier alpha value is -1.26. The van der Waals surface area contributed by atoms with Crippen LogP contribution in [0.5, 0.6) is 0 Å². The Labute approximate surface area is 109 Å². The Morgan fingerprint density at radius 3 is 2.50 bits per heavy atom. The zero-order valence-electron chi connectivity index (χ0n) is 11.6. The molecule has 0 aromatic carbocycles. The summed E-state index contributed by atoms with van der Waals surface area (Å²) in [5, 5.41) is 0. The third-order valence-corrected chi connectivity index (χ3v) is 3.35. The maximum Gasteiger partial charge on any atom is 0.320 e. The van der Waals surface area contributed by atoms with Crippen LogP contribution < -0.4 is 0 Å². The van der Waals surface area contributed by atoms with E-state index in [1.807, 2.05) is 13.8 Å². The van der Waals surface area contributed by atoms with Gasteiger partial charge in [0.05, 0.1) is 12.5 Å². The van der Waals surface area contributed by atoms with Crippen LogP contribution in [-0.2, 0) is 9.53 Å². The number of amides is 2. The van der Waals surface area contributed by atoms with E-state index in [9.17, 15) is 9.59 Å². The molecule has 0 unspecified atom stereocenters. The van der Waals surface area contributed by atoms with Crippen LogP contribution in [0.3, 0.4) is 0 Å². The molecule has 1 rings (SSSR count). The lowest BCUT2D eigenvalue weighted by molar-refractivity contribution is -0.149. The molecule has 0 bridgehead atoms. The molecule has 0 aromatic rings. The third-order valence-electron chi connectivity index (χ3n) is 3.35. The lowest BCUT2D eigenvalue weighted by Crippen LogP contribution is -2.48. The zero-order valence-corrected chi connectivity index (χ0v) is 11.6. The topological polar surface area (TPSA) is 49.9 Å². The van der Waals surface area contributed by atoms with E-state index in [1.165, 1.54) is 0 Å². The van der Waals surface area contributed by atoms with Crippen LogP contribution in [0, 0.1) is 5.92 Å². The Morgan fingerprint density at radius 2 is 1.94 bits per heavy atom. The predicted molar refractivity (Wildman–Crippen MR) is 69.2 cm³/mol. The summed E-state index contributed by atoms with van der Waals surface area (Å²) in [5.41, 5.74) is 0. The second-order valence-corrected chi connectivity index (χ2v) is 4.49. The molecule has 0 saturated carbocycles. The molecule has 1 atom stereocenters. The highest BCUT2D eigenvalue weighted by molar-refractivity contribution is 5.77. The zero-order chi connectivity index (χ0) is 13.5. The van der Waals surface area contributed by atoms with Crippen molar-refractivity contribution in [1.82, 2.24) is 9.80 Å². The Kier molecular flexibility index (Phi) is 5.95. The van der Waals surface area contributed by atoms with Crippen LogP contribution in [0.15, 0.2) is 0 Å². The van der Waals surface area contributed by atoms with Gasteiger partial charge in [-0.2, -0.15) is 0 Å². The van der Waals surface area contributed by atoms with Crippen molar-refractivity contribution < 1.29 is 14.3 Å². The number of piperidine rings is 1. The number of nitrogens with zero attached hydrogens (tertiary/aromatic N) is 2. The fraction of sp³-hybridized carbons (Fsp3) is 0.846. The van der Waals surface area contributed by atoms with Gasteiger partial charge in [-0.15, -0.1) is 0 Å². The number of hydrogen-bond donors (Lipinski definition) is 0. The van der Waals surface area contributed by atoms with Gasteiger partial charge in [-0.05, 0) is 33.6 Å². The van der Waals surface area contributed by atoms with Crippen LogP contribution in [0.4, 0.5) is 4.79 Å². The smallest absolute Gasteiger partial charge is 0.320 e. The fourth-order valence-corrected chi connectivity index (χ4v) is 2.30. The van der Waals surface area contributed by atoms with Crippen molar-refractivity contribution in [2.24, 2.45) is 5.92 Å². The summed E-state index contributed by atoms with van der Waals surface area (Å²) in [4.78, 5) is 27.4. The van der Waals surface area contributed by atoms with Gasteiger partial charge >= 0.3 is 12.0 Å². The highest BCUT2D eigenvalue weighted by Crippen LogP contribution is 2.19. The molecular formula is C13H24N2O3. The summed E-state index contributed by atoms with van der Waals surface area (Å²) in [7, 11) is 0. The predicted octanol–water partition coefficient (Wildman–Crippen LogP) is 1.72. The van der Waals surface area contributed by atoms with Gasteiger partial charge in [0.1, 0.15) is 0 Å². The van der Waals surface area contributed by atoms with Crippen molar-refractivity contribution in [2.45, 2.75) is 33.6 Å². The van der Waals surface area contributed by atoms with Gasteiger partial charge in [0.2, 0.25) is 0 Å². The molecule has 1 aliphatic heterocycles. The van der Waals surface area contributed by atoms with Crippen molar-refractivity contribution in [3.8, 4) is 0 Å². The maximum absolute atomic E-state index is 12.2. The SMILES string of the molecule is CCOC(=O)[C@H]1CCCN(C(=O)N(CC)CC)C1. The highest BCUT2D eigenvalue weighted by Gasteiger charge is 2.30. The lowest BCUT2D eigenvalue weighted by Gasteiger charge is -2.35. The summed E-state index contributed by atoms with van der Waals surface area (Å²) >= 11 is 0. The lowest BCUT2D eigenvalue weighted by atomic mass is 9.98. The Morgan fingerprint density at radius 1 is 1.28 bits per heavy atom. The molecule has 1 fully saturated rings. The summed E-state index contributed by atoms with van der Waals surface area (Å²) in [6, 6.07) is 0.0361. The minimum atomic E-state index is -0.172. The molecular weight excluding hydrogens is 232 g/mol. The molecule has 0 spiro atoms. The standard InChI is InChI=1S/C13H24N2O3/c1-4-14(5-2)13(17)15-9-7-8-11(10-15)12(16)18-6-3/h11H,4-10H2,1-3H3/t11-/m0/s1. The number of esters is 1. The number of carbonyl (C=O) groups excluding carboxylic acids is 2. The van der Waals surface area contributed by atoms with Crippen LogP contribution in [0.25, 0.3) is 0 Å². The molecule has 0 aromatic heterocycles. The normalized spacial score (nSPS) is 19.5. The molecule has 5 heteroatoms. The molecule has 2 amide bonds. The fourth-order valence-electron chi connectivity index (χ4n) is 2.30. The molecule has 0 aliphatic carbocycles. The van der Waals surface area contributed by atoms with Gasteiger partial charge in [-0.25, -0.2) is 4.79 Å². The van der Waals surface area contributed by atoms with Gasteiger partial charge in [0.15, 0.2) is 0 Å². The number of rotatable bonds is 4. The van der Waals surface area contributed by atoms with Crippen molar-refractivity contribution in [3.63, 3.8) is 0 Å². The van der Waals surface area contributed by atoms with E-state index >= 15 is 0 Å². The van der Waals surface area contributed by atoms with E-state index in [2.05, 4.69) is 0 Å². The van der Waals surface area contributed by atoms with Crippen LogP contribution in [0.1, 0.15) is 33.6 Å². The molecule has 1 saturated heterocycles. The number of carbonyl (C=O) groups is 2. The molecule has 1 heterocycles. The number of hydrogen-bond acceptors (Lipinski definition) is 3. The molecule has 0 radical (unpaired) electrons. The summed E-state index contributed by atoms with van der Waals surface area (Å²) in [5.74, 6) is -0.326. The highest BCUT2D eigenvalue weighted by atomic mass is 16.5. The van der Waals surface area contributed by atoms with E-state index in [0.717, 1.165) is 19.4 Å². The van der Waals surface area contributed by atoms with E-state index in [-0.39, 0.29) is 17.9 Å². The molecule has 5 nitrogen and oxygen atoms in total. The van der Waals surface area contributed by atoms with E-state index < -0.39 is 0 Å². The molecule has 1 aliphatic rings. The first kappa shape index (κ1) is 14.8. The van der Waals surface area contributed by atoms with Crippen molar-refractivity contribution >= 4 is 12.0 Å². The minimum Gasteiger partial charge on any atom is -0.466 e. The minimum absolute atomic E-state index is 0.0361. The van der Waals surface area contributed by atoms with Gasteiger partial charge < -0.3 is 14.5 Å².